The van der Waals surface area contributed by atoms with Gasteiger partial charge in [0.25, 0.3) is 0 Å². The van der Waals surface area contributed by atoms with E-state index in [1.807, 2.05) is 0 Å². The van der Waals surface area contributed by atoms with Crippen LogP contribution in [0.5, 0.6) is 0 Å². The second kappa shape index (κ2) is 8.42. The molecule has 0 aliphatic heterocycles. The molecule has 1 saturated carbocycles. The number of hydrogen-bond donors (Lipinski definition) is 2. The minimum Gasteiger partial charge on any atom is -0.480 e. The van der Waals surface area contributed by atoms with Crippen LogP contribution >= 0.6 is 0 Å². The van der Waals surface area contributed by atoms with Crippen LogP contribution in [0.1, 0.15) is 12.8 Å². The minimum atomic E-state index is -0.790. The van der Waals surface area contributed by atoms with Gasteiger partial charge in [-0.2, -0.15) is 0 Å². The van der Waals surface area contributed by atoms with Gasteiger partial charge >= 0.3 is 5.97 Å². The Labute approximate surface area is 108 Å². The fourth-order valence-corrected chi connectivity index (χ4v) is 1.73. The Morgan fingerprint density at radius 3 is 2.28 bits per heavy atom. The Hall–Kier alpha value is -0.690. The molecule has 0 aromatic rings. The largest absolute Gasteiger partial charge is 0.480 e. The van der Waals surface area contributed by atoms with E-state index in [1.165, 1.54) is 0 Å². The Morgan fingerprint density at radius 2 is 1.89 bits per heavy atom. The first-order valence-corrected chi connectivity index (χ1v) is 6.36. The third-order valence-electron chi connectivity index (χ3n) is 2.98. The van der Waals surface area contributed by atoms with E-state index in [0.29, 0.717) is 25.8 Å². The Morgan fingerprint density at radius 1 is 1.33 bits per heavy atom. The fourth-order valence-electron chi connectivity index (χ4n) is 1.73. The molecule has 0 amide bonds. The summed E-state index contributed by atoms with van der Waals surface area (Å²) >= 11 is 0. The van der Waals surface area contributed by atoms with Gasteiger partial charge in [0.1, 0.15) is 6.04 Å². The van der Waals surface area contributed by atoms with E-state index in [2.05, 4.69) is 10.2 Å². The number of nitrogens with one attached hydrogen (secondary N) is 1. The fraction of sp³-hybridized carbons (Fsp3) is 0.917. The maximum atomic E-state index is 11.2. The van der Waals surface area contributed by atoms with Gasteiger partial charge in [0.15, 0.2) is 0 Å². The second-order valence-electron chi connectivity index (χ2n) is 4.62. The van der Waals surface area contributed by atoms with Crippen LogP contribution in [0.15, 0.2) is 0 Å². The smallest absolute Gasteiger partial charge is 0.322 e. The van der Waals surface area contributed by atoms with Gasteiger partial charge in [0.2, 0.25) is 0 Å². The van der Waals surface area contributed by atoms with Gasteiger partial charge in [-0.1, -0.05) is 0 Å². The molecular formula is C12H24N2O4. The molecule has 0 heterocycles. The molecule has 0 radical (unpaired) electrons. The molecule has 6 nitrogen and oxygen atoms in total. The number of methoxy groups -OCH3 is 2. The van der Waals surface area contributed by atoms with Gasteiger partial charge in [-0.25, -0.2) is 0 Å². The lowest BCUT2D eigenvalue weighted by Crippen LogP contribution is -2.48. The molecule has 6 heteroatoms. The number of carboxylic acid groups (broad SMARTS) is 1. The highest BCUT2D eigenvalue weighted by atomic mass is 16.5. The SMILES string of the molecule is COCCN(CCOC)CC(NC1CC1)C(=O)O. The van der Waals surface area contributed by atoms with E-state index < -0.39 is 12.0 Å². The number of aliphatic carboxylic acids is 1. The average molecular weight is 260 g/mol. The van der Waals surface area contributed by atoms with Crippen molar-refractivity contribution in [3.05, 3.63) is 0 Å². The molecule has 106 valence electrons. The number of nitrogens with zero attached hydrogens (tertiary/aromatic N) is 1. The second-order valence-corrected chi connectivity index (χ2v) is 4.62. The monoisotopic (exact) mass is 260 g/mol. The van der Waals surface area contributed by atoms with Crippen molar-refractivity contribution in [2.75, 3.05) is 47.1 Å². The normalized spacial score (nSPS) is 17.1. The van der Waals surface area contributed by atoms with Gasteiger partial charge in [0.05, 0.1) is 13.2 Å². The van der Waals surface area contributed by atoms with Crippen molar-refractivity contribution in [2.45, 2.75) is 24.9 Å². The number of hydrogen-bond acceptors (Lipinski definition) is 5. The zero-order chi connectivity index (χ0) is 13.4. The zero-order valence-corrected chi connectivity index (χ0v) is 11.2. The van der Waals surface area contributed by atoms with E-state index in [9.17, 15) is 9.90 Å². The van der Waals surface area contributed by atoms with E-state index in [-0.39, 0.29) is 0 Å². The molecule has 1 atom stereocenters. The Bertz CT molecular complexity index is 238. The van der Waals surface area contributed by atoms with Crippen LogP contribution in [0.4, 0.5) is 0 Å². The van der Waals surface area contributed by atoms with Gasteiger partial charge in [-0.05, 0) is 12.8 Å². The van der Waals surface area contributed by atoms with Crippen molar-refractivity contribution in [2.24, 2.45) is 0 Å². The molecule has 0 bridgehead atoms. The molecule has 1 unspecified atom stereocenters. The molecule has 0 aromatic heterocycles. The van der Waals surface area contributed by atoms with Crippen LogP contribution in [-0.2, 0) is 14.3 Å². The molecule has 1 aliphatic carbocycles. The van der Waals surface area contributed by atoms with Gasteiger partial charge in [0, 0.05) is 39.9 Å². The van der Waals surface area contributed by atoms with Gasteiger partial charge in [-0.15, -0.1) is 0 Å². The highest BCUT2D eigenvalue weighted by Gasteiger charge is 2.29. The Balaban J connectivity index is 2.39. The lowest BCUT2D eigenvalue weighted by Gasteiger charge is -2.25. The van der Waals surface area contributed by atoms with Crippen molar-refractivity contribution < 1.29 is 19.4 Å². The topological polar surface area (TPSA) is 71.0 Å². The quantitative estimate of drug-likeness (QED) is 0.535. The summed E-state index contributed by atoms with van der Waals surface area (Å²) in [6.07, 6.45) is 2.17. The first-order valence-electron chi connectivity index (χ1n) is 6.36. The van der Waals surface area contributed by atoms with Crippen molar-refractivity contribution in [1.29, 1.82) is 0 Å². The van der Waals surface area contributed by atoms with Crippen LogP contribution < -0.4 is 5.32 Å². The van der Waals surface area contributed by atoms with Crippen molar-refractivity contribution >= 4 is 5.97 Å². The van der Waals surface area contributed by atoms with Crippen LogP contribution in [0.25, 0.3) is 0 Å². The molecule has 18 heavy (non-hydrogen) atoms. The molecule has 1 rings (SSSR count). The highest BCUT2D eigenvalue weighted by molar-refractivity contribution is 5.73. The molecule has 1 fully saturated rings. The van der Waals surface area contributed by atoms with Gasteiger partial charge in [-0.3, -0.25) is 9.69 Å². The van der Waals surface area contributed by atoms with Crippen LogP contribution in [0, 0.1) is 0 Å². The maximum Gasteiger partial charge on any atom is 0.322 e. The molecule has 0 spiro atoms. The van der Waals surface area contributed by atoms with E-state index in [4.69, 9.17) is 9.47 Å². The van der Waals surface area contributed by atoms with E-state index >= 15 is 0 Å². The van der Waals surface area contributed by atoms with E-state index in [0.717, 1.165) is 25.9 Å². The minimum absolute atomic E-state index is 0.387. The summed E-state index contributed by atoms with van der Waals surface area (Å²) in [5, 5.41) is 12.3. The summed E-state index contributed by atoms with van der Waals surface area (Å²) in [5.41, 5.74) is 0. The molecule has 0 aromatic carbocycles. The first-order chi connectivity index (χ1) is 8.67. The van der Waals surface area contributed by atoms with Gasteiger partial charge < -0.3 is 19.9 Å². The van der Waals surface area contributed by atoms with Crippen LogP contribution in [0.3, 0.4) is 0 Å². The standard InChI is InChI=1S/C12H24N2O4/c1-17-7-5-14(6-8-18-2)9-11(12(15)16)13-10-3-4-10/h10-11,13H,3-9H2,1-2H3,(H,15,16). The number of carboxylic acids is 1. The Kier molecular flexibility index (Phi) is 7.19. The van der Waals surface area contributed by atoms with Crippen molar-refractivity contribution in [1.82, 2.24) is 10.2 Å². The molecule has 2 N–H and O–H groups in total. The number of carbonyl (C=O) groups is 1. The van der Waals surface area contributed by atoms with Crippen LogP contribution in [-0.4, -0.2) is 75.1 Å². The third kappa shape index (κ3) is 6.30. The lowest BCUT2D eigenvalue weighted by atomic mass is 10.2. The third-order valence-corrected chi connectivity index (χ3v) is 2.98. The van der Waals surface area contributed by atoms with E-state index in [1.54, 1.807) is 14.2 Å². The summed E-state index contributed by atoms with van der Waals surface area (Å²) in [7, 11) is 3.29. The van der Waals surface area contributed by atoms with Crippen molar-refractivity contribution in [3.8, 4) is 0 Å². The summed E-state index contributed by atoms with van der Waals surface area (Å²) < 4.78 is 10.1. The average Bonchev–Trinajstić information content (AvgIpc) is 3.15. The lowest BCUT2D eigenvalue weighted by molar-refractivity contribution is -0.140. The molecular weight excluding hydrogens is 236 g/mol. The predicted molar refractivity (Wildman–Crippen MR) is 67.8 cm³/mol. The summed E-state index contributed by atoms with van der Waals surface area (Å²) in [6.45, 7) is 3.11. The van der Waals surface area contributed by atoms with Crippen molar-refractivity contribution in [3.63, 3.8) is 0 Å². The summed E-state index contributed by atoms with van der Waals surface area (Å²) in [5.74, 6) is -0.790. The first kappa shape index (κ1) is 15.4. The van der Waals surface area contributed by atoms with Crippen LogP contribution in [0.2, 0.25) is 0 Å². The predicted octanol–water partition coefficient (Wildman–Crippen LogP) is -0.214. The highest BCUT2D eigenvalue weighted by Crippen LogP contribution is 2.19. The maximum absolute atomic E-state index is 11.2. The summed E-state index contributed by atoms with van der Waals surface area (Å²) in [4.78, 5) is 13.3. The molecule has 0 saturated heterocycles. The molecule has 1 aliphatic rings. The zero-order valence-electron chi connectivity index (χ0n) is 11.2. The summed E-state index contributed by atoms with van der Waals surface area (Å²) in [6, 6.07) is -0.121. The number of rotatable bonds is 11. The number of ether oxygens (including phenoxy) is 2.